The van der Waals surface area contributed by atoms with Crippen LogP contribution in [0.1, 0.15) is 65.2 Å². The summed E-state index contributed by atoms with van der Waals surface area (Å²) in [7, 11) is 0. The zero-order valence-electron chi connectivity index (χ0n) is 19.1. The minimum absolute atomic E-state index is 0.0983. The molecule has 6 rings (SSSR count). The van der Waals surface area contributed by atoms with Crippen molar-refractivity contribution in [2.45, 2.75) is 77.4 Å². The molecule has 0 amide bonds. The van der Waals surface area contributed by atoms with E-state index in [1.54, 1.807) is 0 Å². The quantitative estimate of drug-likeness (QED) is 0.609. The summed E-state index contributed by atoms with van der Waals surface area (Å²) in [5.41, 5.74) is -0.0472. The summed E-state index contributed by atoms with van der Waals surface area (Å²) in [6.45, 7) is 11.8. The largest absolute Gasteiger partial charge is 0.390 e. The van der Waals surface area contributed by atoms with E-state index >= 15 is 0 Å². The fourth-order valence-corrected chi connectivity index (χ4v) is 9.64. The van der Waals surface area contributed by atoms with Gasteiger partial charge in [-0.2, -0.15) is 5.10 Å². The maximum Gasteiger partial charge on any atom is 0.242 e. The number of rotatable bonds is 3. The lowest BCUT2D eigenvalue weighted by atomic mass is 9.48. The third kappa shape index (κ3) is 2.98. The molecule has 0 radical (unpaired) electrons. The van der Waals surface area contributed by atoms with E-state index in [0.717, 1.165) is 42.9 Å². The first-order chi connectivity index (χ1) is 15.2. The summed E-state index contributed by atoms with van der Waals surface area (Å²) in [6, 6.07) is 0. The molecule has 6 heteroatoms. The van der Waals surface area contributed by atoms with Crippen molar-refractivity contribution in [3.05, 3.63) is 22.8 Å². The van der Waals surface area contributed by atoms with Crippen molar-refractivity contribution in [2.75, 3.05) is 0 Å². The van der Waals surface area contributed by atoms with Gasteiger partial charge in [0.05, 0.1) is 24.9 Å². The zero-order chi connectivity index (χ0) is 22.4. The monoisotopic (exact) mass is 455 g/mol. The number of hydrogen-bond donors (Lipinski definition) is 1. The molecule has 0 aliphatic heterocycles. The van der Waals surface area contributed by atoms with Crippen LogP contribution in [0, 0.1) is 59.3 Å². The molecule has 32 heavy (non-hydrogen) atoms. The number of Topliss-reactive ketones (excluding diaryl/α,β-unsaturated/α-hetero) is 1. The molecule has 1 N–H and O–H groups in total. The predicted octanol–water partition coefficient (Wildman–Crippen LogP) is 5.53. The van der Waals surface area contributed by atoms with Crippen LogP contribution < -0.4 is 0 Å². The van der Waals surface area contributed by atoms with Crippen LogP contribution in [0.25, 0.3) is 4.85 Å². The number of fused-ring (bicyclic) bond motifs is 7. The Morgan fingerprint density at radius 3 is 2.72 bits per heavy atom. The average molecular weight is 456 g/mol. The van der Waals surface area contributed by atoms with E-state index in [4.69, 9.17) is 18.2 Å². The van der Waals surface area contributed by atoms with Crippen molar-refractivity contribution in [1.29, 1.82) is 0 Å². The Morgan fingerprint density at radius 2 is 1.97 bits per heavy atom. The van der Waals surface area contributed by atoms with Crippen molar-refractivity contribution in [2.24, 2.45) is 52.8 Å². The van der Waals surface area contributed by atoms with Gasteiger partial charge in [0.2, 0.25) is 5.69 Å². The van der Waals surface area contributed by atoms with Gasteiger partial charge in [-0.1, -0.05) is 18.5 Å². The van der Waals surface area contributed by atoms with Crippen LogP contribution >= 0.6 is 11.6 Å². The summed E-state index contributed by atoms with van der Waals surface area (Å²) in [5, 5.41) is 15.1. The third-order valence-corrected chi connectivity index (χ3v) is 10.9. The second-order valence-electron chi connectivity index (χ2n) is 12.2. The van der Waals surface area contributed by atoms with Crippen molar-refractivity contribution in [3.8, 4) is 0 Å². The lowest BCUT2D eigenvalue weighted by Crippen LogP contribution is -2.52. The smallest absolute Gasteiger partial charge is 0.242 e. The Hall–Kier alpha value is -1.38. The molecular formula is C26H34ClN3O2. The topological polar surface area (TPSA) is 59.5 Å². The first kappa shape index (κ1) is 21.2. The SMILES string of the molecule is [C-]#[N+]c1cnn(CC(=O)[C@H]2[C@H]3C[C@H]3[C@H]3[C@@H]4CC[C@@H]5C[C@](C)(O)CC[C@@H]5[C@H]4CC[C@@]32C)c1Cl. The lowest BCUT2D eigenvalue weighted by molar-refractivity contribution is -0.136. The van der Waals surface area contributed by atoms with E-state index in [9.17, 15) is 9.90 Å². The Morgan fingerprint density at radius 1 is 1.19 bits per heavy atom. The molecule has 5 fully saturated rings. The van der Waals surface area contributed by atoms with E-state index in [-0.39, 0.29) is 28.8 Å². The number of hydrogen-bond acceptors (Lipinski definition) is 3. The molecule has 5 aliphatic carbocycles. The number of ketones is 1. The van der Waals surface area contributed by atoms with Crippen LogP contribution in [0.3, 0.4) is 0 Å². The molecule has 1 heterocycles. The van der Waals surface area contributed by atoms with Gasteiger partial charge >= 0.3 is 0 Å². The van der Waals surface area contributed by atoms with E-state index < -0.39 is 5.60 Å². The van der Waals surface area contributed by atoms with Gasteiger partial charge in [0.25, 0.3) is 0 Å². The predicted molar refractivity (Wildman–Crippen MR) is 122 cm³/mol. The van der Waals surface area contributed by atoms with Crippen LogP contribution in [0.2, 0.25) is 5.15 Å². The molecule has 5 saturated carbocycles. The highest BCUT2D eigenvalue weighted by molar-refractivity contribution is 6.32. The zero-order valence-corrected chi connectivity index (χ0v) is 19.9. The molecular weight excluding hydrogens is 422 g/mol. The van der Waals surface area contributed by atoms with E-state index in [0.29, 0.717) is 23.4 Å². The maximum absolute atomic E-state index is 13.6. The number of halogens is 1. The molecule has 172 valence electrons. The van der Waals surface area contributed by atoms with E-state index in [2.05, 4.69) is 16.9 Å². The first-order valence-electron chi connectivity index (χ1n) is 12.6. The van der Waals surface area contributed by atoms with Crippen LogP contribution in [-0.2, 0) is 11.3 Å². The minimum atomic E-state index is -0.468. The fourth-order valence-electron chi connectivity index (χ4n) is 9.45. The Balaban J connectivity index is 1.23. The summed E-state index contributed by atoms with van der Waals surface area (Å²) in [5.74, 6) is 5.33. The fraction of sp³-hybridized carbons (Fsp3) is 0.808. The molecule has 1 aromatic rings. The Bertz CT molecular complexity index is 996. The molecule has 0 spiro atoms. The second kappa shape index (κ2) is 7.06. The summed E-state index contributed by atoms with van der Waals surface area (Å²) < 4.78 is 1.52. The second-order valence-corrected chi connectivity index (χ2v) is 12.6. The van der Waals surface area contributed by atoms with Crippen LogP contribution in [0.4, 0.5) is 5.69 Å². The number of aliphatic hydroxyl groups is 1. The molecule has 5 nitrogen and oxygen atoms in total. The van der Waals surface area contributed by atoms with Gasteiger partial charge < -0.3 is 5.11 Å². The van der Waals surface area contributed by atoms with Gasteiger partial charge in [-0.05, 0) is 105 Å². The van der Waals surface area contributed by atoms with Gasteiger partial charge in [-0.3, -0.25) is 9.48 Å². The molecule has 10 atom stereocenters. The number of carbonyl (C=O) groups excluding carboxylic acids is 1. The van der Waals surface area contributed by atoms with Crippen molar-refractivity contribution < 1.29 is 9.90 Å². The number of nitrogens with zero attached hydrogens (tertiary/aromatic N) is 3. The standard InChI is InChI=1S/C26H34ClN3O2/c1-25(32)8-6-15-14(11-25)4-5-17-16(15)7-9-26(2)22(17)18-10-19(18)23(26)21(31)13-30-24(27)20(28-3)12-29-30/h12,14-19,22-23,32H,4-11,13H2,1-2H3/t14-,15+,16-,17-,18-,19+,22-,23-,25-,26+/m1/s1. The van der Waals surface area contributed by atoms with Crippen molar-refractivity contribution >= 4 is 23.1 Å². The molecule has 0 aromatic carbocycles. The summed E-state index contributed by atoms with van der Waals surface area (Å²) in [6.07, 6.45) is 10.7. The van der Waals surface area contributed by atoms with Gasteiger partial charge in [-0.15, -0.1) is 0 Å². The normalized spacial score (nSPS) is 48.7. The highest BCUT2D eigenvalue weighted by Crippen LogP contribution is 2.74. The highest BCUT2D eigenvalue weighted by Gasteiger charge is 2.70. The number of carbonyl (C=O) groups is 1. The summed E-state index contributed by atoms with van der Waals surface area (Å²) in [4.78, 5) is 17.0. The van der Waals surface area contributed by atoms with Crippen LogP contribution in [0.5, 0.6) is 0 Å². The highest BCUT2D eigenvalue weighted by atomic mass is 35.5. The van der Waals surface area contributed by atoms with Gasteiger partial charge in [-0.25, -0.2) is 4.85 Å². The van der Waals surface area contributed by atoms with Crippen molar-refractivity contribution in [1.82, 2.24) is 9.78 Å². The van der Waals surface area contributed by atoms with Gasteiger partial charge in [0.1, 0.15) is 5.15 Å². The van der Waals surface area contributed by atoms with Crippen molar-refractivity contribution in [3.63, 3.8) is 0 Å². The van der Waals surface area contributed by atoms with Gasteiger partial charge in [0.15, 0.2) is 5.78 Å². The van der Waals surface area contributed by atoms with E-state index in [1.165, 1.54) is 43.0 Å². The minimum Gasteiger partial charge on any atom is -0.390 e. The molecule has 0 saturated heterocycles. The summed E-state index contributed by atoms with van der Waals surface area (Å²) >= 11 is 6.29. The van der Waals surface area contributed by atoms with E-state index in [1.807, 2.05) is 6.92 Å². The van der Waals surface area contributed by atoms with Crippen LogP contribution in [-0.4, -0.2) is 26.3 Å². The average Bonchev–Trinajstić information content (AvgIpc) is 3.34. The third-order valence-electron chi connectivity index (χ3n) is 10.6. The lowest BCUT2D eigenvalue weighted by Gasteiger charge is -2.57. The Kier molecular flexibility index (Phi) is 4.67. The molecule has 0 bridgehead atoms. The molecule has 1 aromatic heterocycles. The maximum atomic E-state index is 13.6. The molecule has 5 aliphatic rings. The Labute approximate surface area is 195 Å². The van der Waals surface area contributed by atoms with Crippen LogP contribution in [0.15, 0.2) is 6.20 Å². The number of aromatic nitrogens is 2. The van der Waals surface area contributed by atoms with Gasteiger partial charge in [0, 0.05) is 5.92 Å². The molecule has 0 unspecified atom stereocenters. The first-order valence-corrected chi connectivity index (χ1v) is 12.9.